The topological polar surface area (TPSA) is 0 Å². The van der Waals surface area contributed by atoms with Gasteiger partial charge in [0.25, 0.3) is 0 Å². The zero-order valence-corrected chi connectivity index (χ0v) is 23.0. The van der Waals surface area contributed by atoms with Crippen LogP contribution in [-0.4, -0.2) is 3.23 Å². The molecule has 0 nitrogen and oxygen atoms in total. The summed E-state index contributed by atoms with van der Waals surface area (Å²) in [7, 11) is 0. The molecule has 0 radical (unpaired) electrons. The molecule has 0 N–H and O–H groups in total. The van der Waals surface area contributed by atoms with Crippen LogP contribution in [0.4, 0.5) is 0 Å². The standard InChI is InChI=1S/C27H46Br2/c1-18(2)9-8-10-19(3)21-12-13-22-20-17-27(28,29)24-11-6-7-15-26(24,5)23(20)14-16-25(21,22)4/h18-24H,6-17H2,1-5H3/t19-,20+,21-,22+,23+,24?,25-,26-/m1/s1. The van der Waals surface area contributed by atoms with Crippen LogP contribution in [-0.2, 0) is 0 Å². The summed E-state index contributed by atoms with van der Waals surface area (Å²) in [4.78, 5) is 0. The van der Waals surface area contributed by atoms with Crippen LogP contribution in [0.25, 0.3) is 0 Å². The van der Waals surface area contributed by atoms with Crippen molar-refractivity contribution in [3.63, 3.8) is 0 Å². The smallest absolute Gasteiger partial charge is 0.0724 e. The minimum atomic E-state index is 0.190. The third-order valence-electron chi connectivity index (χ3n) is 10.8. The highest BCUT2D eigenvalue weighted by atomic mass is 79.9. The minimum absolute atomic E-state index is 0.190. The predicted molar refractivity (Wildman–Crippen MR) is 134 cm³/mol. The molecule has 4 saturated carbocycles. The van der Waals surface area contributed by atoms with Gasteiger partial charge in [-0.05, 0) is 97.2 Å². The molecule has 4 aliphatic carbocycles. The maximum Gasteiger partial charge on any atom is 0.0841 e. The first-order chi connectivity index (χ1) is 13.6. The third kappa shape index (κ3) is 3.95. The molecule has 168 valence electrons. The molecule has 0 aromatic rings. The molecule has 0 saturated heterocycles. The molecule has 1 unspecified atom stereocenters. The van der Waals surface area contributed by atoms with E-state index in [1.54, 1.807) is 0 Å². The van der Waals surface area contributed by atoms with Gasteiger partial charge in [0.15, 0.2) is 0 Å². The summed E-state index contributed by atoms with van der Waals surface area (Å²) in [5.74, 6) is 6.44. The first kappa shape index (κ1) is 23.1. The van der Waals surface area contributed by atoms with Crippen LogP contribution in [0.3, 0.4) is 0 Å². The van der Waals surface area contributed by atoms with E-state index < -0.39 is 0 Å². The van der Waals surface area contributed by atoms with Gasteiger partial charge in [0.1, 0.15) is 0 Å². The molecule has 0 bridgehead atoms. The Balaban J connectivity index is 1.53. The van der Waals surface area contributed by atoms with E-state index in [1.807, 2.05) is 0 Å². The van der Waals surface area contributed by atoms with Gasteiger partial charge in [-0.2, -0.15) is 0 Å². The highest BCUT2D eigenvalue weighted by molar-refractivity contribution is 9.25. The molecule has 0 aromatic carbocycles. The Kier molecular flexibility index (Phi) is 6.69. The van der Waals surface area contributed by atoms with E-state index in [0.717, 1.165) is 41.4 Å². The Hall–Kier alpha value is 0.960. The fraction of sp³-hybridized carbons (Fsp3) is 1.00. The first-order valence-electron chi connectivity index (χ1n) is 13.0. The maximum atomic E-state index is 4.25. The fourth-order valence-electron chi connectivity index (χ4n) is 9.37. The van der Waals surface area contributed by atoms with Gasteiger partial charge in [0.2, 0.25) is 0 Å². The van der Waals surface area contributed by atoms with Crippen molar-refractivity contribution in [2.45, 2.75) is 115 Å². The van der Waals surface area contributed by atoms with E-state index >= 15 is 0 Å². The van der Waals surface area contributed by atoms with E-state index in [4.69, 9.17) is 0 Å². The van der Waals surface area contributed by atoms with Crippen molar-refractivity contribution in [2.75, 3.05) is 0 Å². The molecule has 0 aromatic heterocycles. The van der Waals surface area contributed by atoms with E-state index in [2.05, 4.69) is 66.5 Å². The Labute approximate surface area is 198 Å². The fourth-order valence-corrected chi connectivity index (χ4v) is 11.6. The molecular weight excluding hydrogens is 484 g/mol. The van der Waals surface area contributed by atoms with Crippen molar-refractivity contribution in [1.29, 1.82) is 0 Å². The Morgan fingerprint density at radius 1 is 0.828 bits per heavy atom. The SMILES string of the molecule is CC(C)CCC[C@@H](C)[C@H]1CC[C@H]2[C@@H]3CC(Br)(Br)C4CCCC[C@]4(C)[C@H]3CC[C@]12C. The van der Waals surface area contributed by atoms with Crippen molar-refractivity contribution in [1.82, 2.24) is 0 Å². The summed E-state index contributed by atoms with van der Waals surface area (Å²) in [6.45, 7) is 12.8. The van der Waals surface area contributed by atoms with Gasteiger partial charge in [0, 0.05) is 0 Å². The number of rotatable bonds is 5. The lowest BCUT2D eigenvalue weighted by Crippen LogP contribution is -2.58. The van der Waals surface area contributed by atoms with Crippen LogP contribution in [0, 0.1) is 52.3 Å². The van der Waals surface area contributed by atoms with Gasteiger partial charge in [0.05, 0.1) is 3.23 Å². The van der Waals surface area contributed by atoms with Gasteiger partial charge < -0.3 is 0 Å². The summed E-state index contributed by atoms with van der Waals surface area (Å²) in [6, 6.07) is 0. The molecule has 0 heterocycles. The van der Waals surface area contributed by atoms with Crippen LogP contribution in [0.1, 0.15) is 112 Å². The molecular formula is C27H46Br2. The van der Waals surface area contributed by atoms with Gasteiger partial charge in [-0.15, -0.1) is 0 Å². The Bertz CT molecular complexity index is 583. The normalized spacial score (nSPS) is 47.4. The second-order valence-electron chi connectivity index (χ2n) is 12.7. The second-order valence-corrected chi connectivity index (χ2v) is 16.6. The summed E-state index contributed by atoms with van der Waals surface area (Å²) in [5, 5.41) is 0. The van der Waals surface area contributed by atoms with Gasteiger partial charge in [-0.1, -0.05) is 98.6 Å². The zero-order chi connectivity index (χ0) is 21.0. The van der Waals surface area contributed by atoms with Gasteiger partial charge in [-0.25, -0.2) is 0 Å². The van der Waals surface area contributed by atoms with Crippen LogP contribution in [0.15, 0.2) is 0 Å². The van der Waals surface area contributed by atoms with Crippen LogP contribution in [0.2, 0.25) is 0 Å². The van der Waals surface area contributed by atoms with Crippen LogP contribution >= 0.6 is 31.9 Å². The van der Waals surface area contributed by atoms with E-state index in [9.17, 15) is 0 Å². The molecule has 4 fully saturated rings. The average molecular weight is 530 g/mol. The third-order valence-corrected chi connectivity index (χ3v) is 12.5. The summed E-state index contributed by atoms with van der Waals surface area (Å²) in [6.07, 6.45) is 17.5. The molecule has 29 heavy (non-hydrogen) atoms. The molecule has 0 aliphatic heterocycles. The van der Waals surface area contributed by atoms with E-state index in [-0.39, 0.29) is 3.23 Å². The van der Waals surface area contributed by atoms with Crippen molar-refractivity contribution < 1.29 is 0 Å². The van der Waals surface area contributed by atoms with Crippen molar-refractivity contribution in [2.24, 2.45) is 52.3 Å². The lowest BCUT2D eigenvalue weighted by atomic mass is 9.44. The van der Waals surface area contributed by atoms with E-state index in [1.165, 1.54) is 77.0 Å². The summed E-state index contributed by atoms with van der Waals surface area (Å²) < 4.78 is 0.190. The first-order valence-corrected chi connectivity index (χ1v) is 14.6. The quantitative estimate of drug-likeness (QED) is 0.311. The van der Waals surface area contributed by atoms with Gasteiger partial charge in [-0.3, -0.25) is 0 Å². The Morgan fingerprint density at radius 2 is 1.55 bits per heavy atom. The molecule has 0 amide bonds. The lowest BCUT2D eigenvalue weighted by Gasteiger charge is -2.64. The molecule has 8 atom stereocenters. The number of halogens is 2. The zero-order valence-electron chi connectivity index (χ0n) is 19.8. The highest BCUT2D eigenvalue weighted by Gasteiger charge is 2.64. The number of alkyl halides is 2. The number of fused-ring (bicyclic) bond motifs is 5. The molecule has 4 rings (SSSR count). The summed E-state index contributed by atoms with van der Waals surface area (Å²) >= 11 is 8.51. The van der Waals surface area contributed by atoms with Crippen LogP contribution in [0.5, 0.6) is 0 Å². The van der Waals surface area contributed by atoms with Gasteiger partial charge >= 0.3 is 0 Å². The highest BCUT2D eigenvalue weighted by Crippen LogP contribution is 2.72. The largest absolute Gasteiger partial charge is 0.0841 e. The second kappa shape index (κ2) is 8.39. The average Bonchev–Trinajstić information content (AvgIpc) is 2.98. The van der Waals surface area contributed by atoms with Crippen molar-refractivity contribution in [3.05, 3.63) is 0 Å². The monoisotopic (exact) mass is 528 g/mol. The predicted octanol–water partition coefficient (Wildman–Crippen LogP) is 9.59. The Morgan fingerprint density at radius 3 is 2.28 bits per heavy atom. The van der Waals surface area contributed by atoms with Crippen LogP contribution < -0.4 is 0 Å². The van der Waals surface area contributed by atoms with Crippen molar-refractivity contribution in [3.8, 4) is 0 Å². The maximum absolute atomic E-state index is 4.25. The summed E-state index contributed by atoms with van der Waals surface area (Å²) in [5.41, 5.74) is 1.16. The molecule has 2 heteroatoms. The van der Waals surface area contributed by atoms with Crippen molar-refractivity contribution >= 4 is 31.9 Å². The number of hydrogen-bond acceptors (Lipinski definition) is 0. The number of hydrogen-bond donors (Lipinski definition) is 0. The molecule has 4 aliphatic rings. The van der Waals surface area contributed by atoms with E-state index in [0.29, 0.717) is 10.8 Å². The minimum Gasteiger partial charge on any atom is -0.0724 e. The lowest BCUT2D eigenvalue weighted by molar-refractivity contribution is -0.114. The molecule has 0 spiro atoms.